The molecule has 0 amide bonds. The maximum atomic E-state index is 11.6. The van der Waals surface area contributed by atoms with Crippen LogP contribution in [0, 0.1) is 0 Å². The molecule has 2 heterocycles. The number of pyridine rings is 1. The summed E-state index contributed by atoms with van der Waals surface area (Å²) in [6.07, 6.45) is 4.70. The zero-order chi connectivity index (χ0) is 15.2. The molecule has 0 bridgehead atoms. The van der Waals surface area contributed by atoms with Gasteiger partial charge in [0.05, 0.1) is 39.1 Å². The first kappa shape index (κ1) is 14.8. The molecule has 112 valence electrons. The highest BCUT2D eigenvalue weighted by atomic mass is 16.5. The summed E-state index contributed by atoms with van der Waals surface area (Å²) in [7, 11) is 3.12. The molecule has 0 aliphatic rings. The molecule has 0 unspecified atom stereocenters. The lowest BCUT2D eigenvalue weighted by molar-refractivity contribution is 0.0526. The second kappa shape index (κ2) is 6.74. The molecule has 0 saturated heterocycles. The highest BCUT2D eigenvalue weighted by Crippen LogP contribution is 2.29. The molecular formula is C14H17N3O4. The second-order valence-corrected chi connectivity index (χ2v) is 4.14. The van der Waals surface area contributed by atoms with Crippen LogP contribution in [0.5, 0.6) is 11.5 Å². The van der Waals surface area contributed by atoms with Crippen LogP contribution in [-0.2, 0) is 11.3 Å². The lowest BCUT2D eigenvalue weighted by Crippen LogP contribution is -2.06. The highest BCUT2D eigenvalue weighted by Gasteiger charge is 2.14. The molecule has 0 aromatic carbocycles. The van der Waals surface area contributed by atoms with Gasteiger partial charge in [-0.3, -0.25) is 9.67 Å². The van der Waals surface area contributed by atoms with E-state index in [1.165, 1.54) is 6.20 Å². The Kier molecular flexibility index (Phi) is 4.76. The van der Waals surface area contributed by atoms with E-state index in [1.54, 1.807) is 44.3 Å². The number of hydrogen-bond acceptors (Lipinski definition) is 6. The Bertz CT molecular complexity index is 624. The van der Waals surface area contributed by atoms with Crippen molar-refractivity contribution in [2.24, 2.45) is 0 Å². The number of hydrogen-bond donors (Lipinski definition) is 0. The van der Waals surface area contributed by atoms with Crippen LogP contribution in [0.4, 0.5) is 0 Å². The monoisotopic (exact) mass is 291 g/mol. The molecule has 0 aliphatic carbocycles. The fourth-order valence-electron chi connectivity index (χ4n) is 1.89. The molecule has 0 saturated carbocycles. The topological polar surface area (TPSA) is 75.5 Å². The Balaban J connectivity index is 2.21. The molecule has 21 heavy (non-hydrogen) atoms. The molecule has 7 nitrogen and oxygen atoms in total. The largest absolute Gasteiger partial charge is 0.493 e. The molecule has 0 radical (unpaired) electrons. The minimum absolute atomic E-state index is 0.329. The average Bonchev–Trinajstić information content (AvgIpc) is 2.96. The minimum atomic E-state index is -0.394. The average molecular weight is 291 g/mol. The number of rotatable bonds is 6. The summed E-state index contributed by atoms with van der Waals surface area (Å²) in [5, 5.41) is 4.13. The molecule has 0 atom stereocenters. The number of aromatic nitrogens is 3. The van der Waals surface area contributed by atoms with Crippen molar-refractivity contribution in [3.8, 4) is 11.5 Å². The maximum Gasteiger partial charge on any atom is 0.341 e. The maximum absolute atomic E-state index is 11.6. The van der Waals surface area contributed by atoms with Crippen molar-refractivity contribution >= 4 is 5.97 Å². The van der Waals surface area contributed by atoms with Gasteiger partial charge in [-0.25, -0.2) is 4.79 Å². The van der Waals surface area contributed by atoms with Crippen LogP contribution in [0.1, 0.15) is 23.0 Å². The molecule has 0 aliphatic heterocycles. The second-order valence-electron chi connectivity index (χ2n) is 4.14. The summed E-state index contributed by atoms with van der Waals surface area (Å²) < 4.78 is 17.0. The normalized spacial score (nSPS) is 10.2. The number of carbonyl (C=O) groups is 1. The Morgan fingerprint density at radius 1 is 1.33 bits per heavy atom. The number of carbonyl (C=O) groups excluding carboxylic acids is 1. The van der Waals surface area contributed by atoms with Crippen molar-refractivity contribution < 1.29 is 19.0 Å². The Labute approximate surface area is 122 Å². The molecule has 7 heteroatoms. The van der Waals surface area contributed by atoms with Gasteiger partial charge < -0.3 is 14.2 Å². The van der Waals surface area contributed by atoms with Gasteiger partial charge in [-0.15, -0.1) is 0 Å². The van der Waals surface area contributed by atoms with E-state index in [-0.39, 0.29) is 0 Å². The van der Waals surface area contributed by atoms with Crippen LogP contribution in [0.15, 0.2) is 24.7 Å². The summed E-state index contributed by atoms with van der Waals surface area (Å²) in [6.45, 7) is 2.45. The van der Waals surface area contributed by atoms with E-state index in [9.17, 15) is 4.79 Å². The highest BCUT2D eigenvalue weighted by molar-refractivity contribution is 5.88. The van der Waals surface area contributed by atoms with E-state index < -0.39 is 5.97 Å². The van der Waals surface area contributed by atoms with Crippen molar-refractivity contribution in [3.05, 3.63) is 35.9 Å². The van der Waals surface area contributed by atoms with Crippen molar-refractivity contribution in [1.29, 1.82) is 0 Å². The zero-order valence-electron chi connectivity index (χ0n) is 12.2. The molecule has 0 fully saturated rings. The fourth-order valence-corrected chi connectivity index (χ4v) is 1.89. The SMILES string of the molecule is CCOC(=O)c1cnn(Cc2nccc(OC)c2OC)c1. The standard InChI is InChI=1S/C14H17N3O4/c1-4-21-14(18)10-7-16-17(8-10)9-11-13(20-3)12(19-2)5-6-15-11/h5-8H,4,9H2,1-3H3. The lowest BCUT2D eigenvalue weighted by Gasteiger charge is -2.11. The molecule has 2 aromatic rings. The Morgan fingerprint density at radius 2 is 2.14 bits per heavy atom. The van der Waals surface area contributed by atoms with Crippen molar-refractivity contribution in [2.75, 3.05) is 20.8 Å². The summed E-state index contributed by atoms with van der Waals surface area (Å²) in [5.74, 6) is 0.753. The third-order valence-electron chi connectivity index (χ3n) is 2.82. The summed E-state index contributed by atoms with van der Waals surface area (Å²) in [5.41, 5.74) is 1.06. The number of esters is 1. The quantitative estimate of drug-likeness (QED) is 0.751. The van der Waals surface area contributed by atoms with Crippen LogP contribution in [-0.4, -0.2) is 41.6 Å². The smallest absolute Gasteiger partial charge is 0.341 e. The number of methoxy groups -OCH3 is 2. The van der Waals surface area contributed by atoms with Gasteiger partial charge in [-0.2, -0.15) is 5.10 Å². The predicted molar refractivity (Wildman–Crippen MR) is 74.6 cm³/mol. The van der Waals surface area contributed by atoms with E-state index in [2.05, 4.69) is 10.1 Å². The molecule has 0 N–H and O–H groups in total. The van der Waals surface area contributed by atoms with Crippen molar-refractivity contribution in [2.45, 2.75) is 13.5 Å². The van der Waals surface area contributed by atoms with Gasteiger partial charge in [0.1, 0.15) is 5.69 Å². The van der Waals surface area contributed by atoms with Crippen LogP contribution < -0.4 is 9.47 Å². The first-order valence-electron chi connectivity index (χ1n) is 6.45. The van der Waals surface area contributed by atoms with E-state index in [0.29, 0.717) is 35.9 Å². The van der Waals surface area contributed by atoms with Gasteiger partial charge in [-0.05, 0) is 6.92 Å². The van der Waals surface area contributed by atoms with Crippen molar-refractivity contribution in [3.63, 3.8) is 0 Å². The predicted octanol–water partition coefficient (Wildman–Crippen LogP) is 1.52. The van der Waals surface area contributed by atoms with Gasteiger partial charge in [-0.1, -0.05) is 0 Å². The van der Waals surface area contributed by atoms with Crippen LogP contribution in [0.3, 0.4) is 0 Å². The number of nitrogens with zero attached hydrogens (tertiary/aromatic N) is 3. The molecule has 2 aromatic heterocycles. The van der Waals surface area contributed by atoms with E-state index in [1.807, 2.05) is 0 Å². The minimum Gasteiger partial charge on any atom is -0.493 e. The first-order valence-corrected chi connectivity index (χ1v) is 6.45. The van der Waals surface area contributed by atoms with Gasteiger partial charge >= 0.3 is 5.97 Å². The Hall–Kier alpha value is -2.57. The third-order valence-corrected chi connectivity index (χ3v) is 2.82. The summed E-state index contributed by atoms with van der Waals surface area (Å²) in [4.78, 5) is 15.9. The van der Waals surface area contributed by atoms with Gasteiger partial charge in [0, 0.05) is 18.5 Å². The molecule has 0 spiro atoms. The van der Waals surface area contributed by atoms with E-state index in [0.717, 1.165) is 0 Å². The fraction of sp³-hybridized carbons (Fsp3) is 0.357. The molecular weight excluding hydrogens is 274 g/mol. The summed E-state index contributed by atoms with van der Waals surface area (Å²) in [6, 6.07) is 1.72. The van der Waals surface area contributed by atoms with Crippen molar-refractivity contribution in [1.82, 2.24) is 14.8 Å². The van der Waals surface area contributed by atoms with Crippen LogP contribution in [0.2, 0.25) is 0 Å². The Morgan fingerprint density at radius 3 is 2.81 bits per heavy atom. The first-order chi connectivity index (χ1) is 10.2. The van der Waals surface area contributed by atoms with Gasteiger partial charge in [0.2, 0.25) is 0 Å². The van der Waals surface area contributed by atoms with E-state index >= 15 is 0 Å². The van der Waals surface area contributed by atoms with Crippen LogP contribution in [0.25, 0.3) is 0 Å². The van der Waals surface area contributed by atoms with Gasteiger partial charge in [0.25, 0.3) is 0 Å². The van der Waals surface area contributed by atoms with Crippen LogP contribution >= 0.6 is 0 Å². The third kappa shape index (κ3) is 3.31. The summed E-state index contributed by atoms with van der Waals surface area (Å²) >= 11 is 0. The number of ether oxygens (including phenoxy) is 3. The molecule has 2 rings (SSSR count). The lowest BCUT2D eigenvalue weighted by atomic mass is 10.3. The zero-order valence-corrected chi connectivity index (χ0v) is 12.2. The van der Waals surface area contributed by atoms with E-state index in [4.69, 9.17) is 14.2 Å². The van der Waals surface area contributed by atoms with Gasteiger partial charge in [0.15, 0.2) is 11.5 Å².